The van der Waals surface area contributed by atoms with Gasteiger partial charge in [-0.15, -0.1) is 0 Å². The third-order valence-electron chi connectivity index (χ3n) is 4.29. The highest BCUT2D eigenvalue weighted by molar-refractivity contribution is 5.87. The molecule has 0 bridgehead atoms. The van der Waals surface area contributed by atoms with Crippen molar-refractivity contribution in [2.75, 3.05) is 6.61 Å². The maximum atomic E-state index is 11.8. The van der Waals surface area contributed by atoms with Gasteiger partial charge in [0.15, 0.2) is 0 Å². The Hall–Kier alpha value is -1.81. The van der Waals surface area contributed by atoms with Crippen LogP contribution < -0.4 is 4.74 Å². The number of hydrogen-bond donors (Lipinski definition) is 1. The quantitative estimate of drug-likeness (QED) is 0.227. The fraction of sp³-hybridized carbons (Fsp3) is 0.591. The summed E-state index contributed by atoms with van der Waals surface area (Å²) < 4.78 is 11.2. The number of hydrogen-bond acceptors (Lipinski definition) is 4. The summed E-state index contributed by atoms with van der Waals surface area (Å²) >= 11 is 0. The highest BCUT2D eigenvalue weighted by Crippen LogP contribution is 2.26. The number of carbonyl (C=O) groups excluding carboxylic acids is 1. The summed E-state index contributed by atoms with van der Waals surface area (Å²) in [6.07, 6.45) is 9.65. The van der Waals surface area contributed by atoms with E-state index >= 15 is 0 Å². The van der Waals surface area contributed by atoms with Crippen LogP contribution in [0.2, 0.25) is 0 Å². The number of aryl methyl sites for hydroxylation is 1. The smallest absolute Gasteiger partial charge is 0.336 e. The minimum absolute atomic E-state index is 0.268. The van der Waals surface area contributed by atoms with Gasteiger partial charge in [-0.3, -0.25) is 0 Å². The summed E-state index contributed by atoms with van der Waals surface area (Å²) in [5, 5.41) is 9.65. The molecule has 0 radical (unpaired) electrons. The number of carbonyl (C=O) groups is 1. The molecule has 0 fully saturated rings. The molecular formula is C22H34O4. The van der Waals surface area contributed by atoms with Crippen molar-refractivity contribution in [3.63, 3.8) is 0 Å². The van der Waals surface area contributed by atoms with Crippen LogP contribution in [0, 0.1) is 0 Å². The zero-order chi connectivity index (χ0) is 19.4. The standard InChI is InChI=1S/C22H34O4/c1-5-6-7-8-9-10-11-14-19-15-12-13-16-20(19)25-22(4,17-23)26-21(24)18(2)3/h12-13,15-16,23H,2,5-11,14,17H2,1,3-4H3. The van der Waals surface area contributed by atoms with E-state index in [1.807, 2.05) is 24.3 Å². The number of rotatable bonds is 13. The first-order valence-electron chi connectivity index (χ1n) is 9.68. The van der Waals surface area contributed by atoms with Gasteiger partial charge in [0.1, 0.15) is 12.4 Å². The molecule has 0 aliphatic carbocycles. The first-order chi connectivity index (χ1) is 12.4. The summed E-state index contributed by atoms with van der Waals surface area (Å²) in [6.45, 7) is 8.48. The number of benzene rings is 1. The van der Waals surface area contributed by atoms with E-state index in [0.29, 0.717) is 5.75 Å². The van der Waals surface area contributed by atoms with E-state index < -0.39 is 18.4 Å². The lowest BCUT2D eigenvalue weighted by Gasteiger charge is -2.29. The minimum atomic E-state index is -1.42. The van der Waals surface area contributed by atoms with Crippen LogP contribution in [-0.4, -0.2) is 23.5 Å². The largest absolute Gasteiger partial charge is 0.450 e. The third kappa shape index (κ3) is 8.05. The molecule has 4 heteroatoms. The predicted octanol–water partition coefficient (Wildman–Crippen LogP) is 5.19. The number of esters is 1. The van der Waals surface area contributed by atoms with E-state index in [1.54, 1.807) is 13.8 Å². The van der Waals surface area contributed by atoms with Crippen LogP contribution in [0.1, 0.15) is 71.3 Å². The van der Waals surface area contributed by atoms with Gasteiger partial charge < -0.3 is 14.6 Å². The van der Waals surface area contributed by atoms with Gasteiger partial charge in [-0.25, -0.2) is 4.79 Å². The van der Waals surface area contributed by atoms with Gasteiger partial charge in [-0.1, -0.05) is 70.2 Å². The Kier molecular flexibility index (Phi) is 10.0. The van der Waals surface area contributed by atoms with Gasteiger partial charge >= 0.3 is 5.97 Å². The van der Waals surface area contributed by atoms with Crippen molar-refractivity contribution in [1.29, 1.82) is 0 Å². The van der Waals surface area contributed by atoms with Gasteiger partial charge in [0, 0.05) is 12.5 Å². The summed E-state index contributed by atoms with van der Waals surface area (Å²) in [7, 11) is 0. The average Bonchev–Trinajstić information content (AvgIpc) is 2.62. The SMILES string of the molecule is C=C(C)C(=O)OC(C)(CO)Oc1ccccc1CCCCCCCCC. The molecule has 0 heterocycles. The fourth-order valence-corrected chi connectivity index (χ4v) is 2.68. The normalized spacial score (nSPS) is 13.1. The maximum absolute atomic E-state index is 11.8. The molecule has 146 valence electrons. The zero-order valence-corrected chi connectivity index (χ0v) is 16.6. The summed E-state index contributed by atoms with van der Waals surface area (Å²) in [5.74, 6) is -1.36. The Labute approximate surface area is 158 Å². The van der Waals surface area contributed by atoms with Gasteiger partial charge in [0.05, 0.1) is 0 Å². The number of ether oxygens (including phenoxy) is 2. The molecule has 1 N–H and O–H groups in total. The lowest BCUT2D eigenvalue weighted by Crippen LogP contribution is -2.42. The average molecular weight is 363 g/mol. The van der Waals surface area contributed by atoms with Gasteiger partial charge in [0.25, 0.3) is 5.79 Å². The molecule has 1 unspecified atom stereocenters. The molecule has 0 spiro atoms. The summed E-state index contributed by atoms with van der Waals surface area (Å²) in [5.41, 5.74) is 1.33. The van der Waals surface area contributed by atoms with Crippen molar-refractivity contribution in [3.8, 4) is 5.75 Å². The minimum Gasteiger partial charge on any atom is -0.450 e. The van der Waals surface area contributed by atoms with Crippen LogP contribution in [0.15, 0.2) is 36.4 Å². The first kappa shape index (κ1) is 22.2. The summed E-state index contributed by atoms with van der Waals surface area (Å²) in [6, 6.07) is 7.71. The Morgan fingerprint density at radius 1 is 1.12 bits per heavy atom. The highest BCUT2D eigenvalue weighted by atomic mass is 16.7. The van der Waals surface area contributed by atoms with Crippen LogP contribution in [0.3, 0.4) is 0 Å². The number of aliphatic hydroxyl groups excluding tert-OH is 1. The van der Waals surface area contributed by atoms with Crippen LogP contribution in [0.5, 0.6) is 5.75 Å². The Bertz CT molecular complexity index is 567. The van der Waals surface area contributed by atoms with Crippen LogP contribution in [-0.2, 0) is 16.0 Å². The van der Waals surface area contributed by atoms with Crippen LogP contribution in [0.25, 0.3) is 0 Å². The lowest BCUT2D eigenvalue weighted by atomic mass is 10.0. The molecule has 0 aromatic heterocycles. The molecule has 0 saturated carbocycles. The molecule has 1 rings (SSSR count). The van der Waals surface area contributed by atoms with E-state index in [2.05, 4.69) is 13.5 Å². The lowest BCUT2D eigenvalue weighted by molar-refractivity contribution is -0.199. The molecule has 0 saturated heterocycles. The van der Waals surface area contributed by atoms with E-state index in [0.717, 1.165) is 18.4 Å². The van der Waals surface area contributed by atoms with Crippen molar-refractivity contribution in [2.45, 2.75) is 77.9 Å². The monoisotopic (exact) mass is 362 g/mol. The Balaban J connectivity index is 2.61. The Morgan fingerprint density at radius 2 is 1.73 bits per heavy atom. The van der Waals surface area contributed by atoms with E-state index in [1.165, 1.54) is 38.5 Å². The van der Waals surface area contributed by atoms with Gasteiger partial charge in [0.2, 0.25) is 0 Å². The van der Waals surface area contributed by atoms with E-state index in [4.69, 9.17) is 9.47 Å². The molecule has 1 aromatic rings. The van der Waals surface area contributed by atoms with Gasteiger partial charge in [-0.2, -0.15) is 0 Å². The second-order valence-corrected chi connectivity index (χ2v) is 7.04. The first-order valence-corrected chi connectivity index (χ1v) is 9.68. The van der Waals surface area contributed by atoms with Gasteiger partial charge in [-0.05, 0) is 31.4 Å². The van der Waals surface area contributed by atoms with Crippen molar-refractivity contribution in [2.24, 2.45) is 0 Å². The number of para-hydroxylation sites is 1. The van der Waals surface area contributed by atoms with Crippen LogP contribution in [0.4, 0.5) is 0 Å². The predicted molar refractivity (Wildman–Crippen MR) is 105 cm³/mol. The number of unbranched alkanes of at least 4 members (excludes halogenated alkanes) is 6. The topological polar surface area (TPSA) is 55.8 Å². The van der Waals surface area contributed by atoms with E-state index in [9.17, 15) is 9.90 Å². The molecule has 4 nitrogen and oxygen atoms in total. The highest BCUT2D eigenvalue weighted by Gasteiger charge is 2.31. The molecule has 1 aromatic carbocycles. The Morgan fingerprint density at radius 3 is 2.35 bits per heavy atom. The van der Waals surface area contributed by atoms with E-state index in [-0.39, 0.29) is 5.57 Å². The maximum Gasteiger partial charge on any atom is 0.336 e. The second kappa shape index (κ2) is 11.7. The van der Waals surface area contributed by atoms with Crippen molar-refractivity contribution in [3.05, 3.63) is 42.0 Å². The zero-order valence-electron chi connectivity index (χ0n) is 16.6. The molecule has 26 heavy (non-hydrogen) atoms. The van der Waals surface area contributed by atoms with Crippen molar-refractivity contribution < 1.29 is 19.4 Å². The van der Waals surface area contributed by atoms with Crippen LogP contribution >= 0.6 is 0 Å². The fourth-order valence-electron chi connectivity index (χ4n) is 2.68. The van der Waals surface area contributed by atoms with Crippen molar-refractivity contribution >= 4 is 5.97 Å². The van der Waals surface area contributed by atoms with Crippen molar-refractivity contribution in [1.82, 2.24) is 0 Å². The molecule has 0 aliphatic heterocycles. The second-order valence-electron chi connectivity index (χ2n) is 7.04. The molecule has 0 aliphatic rings. The molecular weight excluding hydrogens is 328 g/mol. The molecule has 1 atom stereocenters. The number of aliphatic hydroxyl groups is 1. The summed E-state index contributed by atoms with van der Waals surface area (Å²) in [4.78, 5) is 11.8. The third-order valence-corrected chi connectivity index (χ3v) is 4.29. The molecule has 0 amide bonds.